The molecular formula is C18H15N7O2. The molecular weight excluding hydrogens is 346 g/mol. The summed E-state index contributed by atoms with van der Waals surface area (Å²) in [5.74, 6) is 0.214. The number of urea groups is 1. The van der Waals surface area contributed by atoms with Gasteiger partial charge in [0, 0.05) is 30.5 Å². The lowest BCUT2D eigenvalue weighted by molar-refractivity contribution is -0.123. The Kier molecular flexibility index (Phi) is 3.30. The van der Waals surface area contributed by atoms with E-state index in [1.807, 2.05) is 23.1 Å². The number of aromatic nitrogens is 4. The highest BCUT2D eigenvalue weighted by atomic mass is 16.2. The van der Waals surface area contributed by atoms with Gasteiger partial charge in [-0.05, 0) is 30.7 Å². The van der Waals surface area contributed by atoms with E-state index in [-0.39, 0.29) is 5.91 Å². The minimum absolute atomic E-state index is 0.295. The molecule has 2 aliphatic rings. The molecule has 5 heterocycles. The van der Waals surface area contributed by atoms with Crippen LogP contribution in [0.15, 0.2) is 42.9 Å². The Morgan fingerprint density at radius 2 is 1.93 bits per heavy atom. The number of hydrogen-bond acceptors (Lipinski definition) is 7. The molecule has 1 atom stereocenters. The van der Waals surface area contributed by atoms with E-state index in [4.69, 9.17) is 0 Å². The summed E-state index contributed by atoms with van der Waals surface area (Å²) in [6.45, 7) is 0.915. The maximum absolute atomic E-state index is 12.1. The van der Waals surface area contributed by atoms with Crippen LogP contribution in [0, 0.1) is 0 Å². The molecule has 2 aliphatic heterocycles. The van der Waals surface area contributed by atoms with E-state index in [1.54, 1.807) is 24.7 Å². The van der Waals surface area contributed by atoms with Gasteiger partial charge in [-0.1, -0.05) is 0 Å². The maximum Gasteiger partial charge on any atom is 0.322 e. The van der Waals surface area contributed by atoms with Gasteiger partial charge in [0.15, 0.2) is 0 Å². The summed E-state index contributed by atoms with van der Waals surface area (Å²) in [5, 5.41) is 5.99. The Balaban J connectivity index is 1.45. The van der Waals surface area contributed by atoms with E-state index in [1.165, 1.54) is 0 Å². The number of nitrogens with zero attached hydrogens (tertiary/aromatic N) is 5. The minimum Gasteiger partial charge on any atom is -0.338 e. The molecule has 2 fully saturated rings. The van der Waals surface area contributed by atoms with E-state index in [0.29, 0.717) is 31.2 Å². The molecule has 9 heteroatoms. The number of fused-ring (bicyclic) bond motifs is 1. The highest BCUT2D eigenvalue weighted by Crippen LogP contribution is 2.28. The lowest BCUT2D eigenvalue weighted by atomic mass is 10.00. The van der Waals surface area contributed by atoms with Gasteiger partial charge in [-0.2, -0.15) is 0 Å². The first-order valence-electron chi connectivity index (χ1n) is 8.56. The highest BCUT2D eigenvalue weighted by molar-refractivity contribution is 6.07. The summed E-state index contributed by atoms with van der Waals surface area (Å²) in [4.78, 5) is 43.2. The first-order valence-corrected chi connectivity index (χ1v) is 8.56. The number of nitrogens with one attached hydrogen (secondary N) is 2. The average molecular weight is 361 g/mol. The molecule has 0 aromatic carbocycles. The molecule has 9 nitrogen and oxygen atoms in total. The molecule has 134 valence electrons. The predicted molar refractivity (Wildman–Crippen MR) is 96.8 cm³/mol. The molecule has 0 bridgehead atoms. The van der Waals surface area contributed by atoms with Crippen molar-refractivity contribution in [3.8, 4) is 11.4 Å². The van der Waals surface area contributed by atoms with Crippen LogP contribution in [0.3, 0.4) is 0 Å². The number of anilines is 1. The van der Waals surface area contributed by atoms with Crippen molar-refractivity contribution < 1.29 is 9.59 Å². The fraction of sp³-hybridized carbons (Fsp3) is 0.222. The molecule has 5 rings (SSSR count). The third kappa shape index (κ3) is 2.55. The number of carbonyl (C=O) groups is 2. The summed E-state index contributed by atoms with van der Waals surface area (Å²) in [7, 11) is 0. The van der Waals surface area contributed by atoms with Gasteiger partial charge in [-0.3, -0.25) is 15.1 Å². The highest BCUT2D eigenvalue weighted by Gasteiger charge is 2.51. The molecule has 1 unspecified atom stereocenters. The average Bonchev–Trinajstić information content (AvgIpc) is 3.24. The number of hydrogen-bond donors (Lipinski definition) is 2. The Hall–Kier alpha value is -3.62. The summed E-state index contributed by atoms with van der Waals surface area (Å²) < 4.78 is 0. The van der Waals surface area contributed by atoms with Crippen molar-refractivity contribution in [3.05, 3.63) is 42.9 Å². The fourth-order valence-corrected chi connectivity index (χ4v) is 3.55. The van der Waals surface area contributed by atoms with E-state index in [2.05, 4.69) is 30.6 Å². The van der Waals surface area contributed by atoms with Gasteiger partial charge in [-0.25, -0.2) is 19.7 Å². The molecule has 3 amide bonds. The van der Waals surface area contributed by atoms with Crippen molar-refractivity contribution in [1.82, 2.24) is 30.6 Å². The normalized spacial score (nSPS) is 21.7. The van der Waals surface area contributed by atoms with Crippen molar-refractivity contribution in [2.24, 2.45) is 0 Å². The van der Waals surface area contributed by atoms with E-state index >= 15 is 0 Å². The molecule has 3 aromatic heterocycles. The summed E-state index contributed by atoms with van der Waals surface area (Å²) in [5.41, 5.74) is 1.37. The van der Waals surface area contributed by atoms with Gasteiger partial charge in [-0.15, -0.1) is 0 Å². The maximum atomic E-state index is 12.1. The van der Waals surface area contributed by atoms with Crippen LogP contribution in [0.2, 0.25) is 0 Å². The lowest BCUT2D eigenvalue weighted by Crippen LogP contribution is -2.49. The molecule has 0 saturated carbocycles. The van der Waals surface area contributed by atoms with Crippen molar-refractivity contribution >= 4 is 28.8 Å². The third-order valence-electron chi connectivity index (χ3n) is 4.96. The zero-order chi connectivity index (χ0) is 18.4. The zero-order valence-electron chi connectivity index (χ0n) is 14.2. The standard InChI is InChI=1S/C18H15N7O2/c26-15-18(24-17(27)23-15)5-8-25(10-18)16-20-7-4-14(22-16)13-2-1-11-9-19-6-3-12(11)21-13/h1-4,6-7,9H,5,8,10H2,(H2,23,24,26,27). The predicted octanol–water partition coefficient (Wildman–Crippen LogP) is 0.875. The van der Waals surface area contributed by atoms with Crippen LogP contribution < -0.4 is 15.5 Å². The van der Waals surface area contributed by atoms with Gasteiger partial charge < -0.3 is 10.2 Å². The van der Waals surface area contributed by atoms with Crippen LogP contribution in [0.4, 0.5) is 10.7 Å². The van der Waals surface area contributed by atoms with Crippen molar-refractivity contribution in [1.29, 1.82) is 0 Å². The Labute approximate surface area is 153 Å². The molecule has 0 aliphatic carbocycles. The number of rotatable bonds is 2. The van der Waals surface area contributed by atoms with Crippen molar-refractivity contribution in [2.45, 2.75) is 12.0 Å². The molecule has 3 aromatic rings. The van der Waals surface area contributed by atoms with Crippen LogP contribution in [0.5, 0.6) is 0 Å². The molecule has 27 heavy (non-hydrogen) atoms. The monoisotopic (exact) mass is 361 g/mol. The molecule has 2 N–H and O–H groups in total. The van der Waals surface area contributed by atoms with Crippen molar-refractivity contribution in [2.75, 3.05) is 18.0 Å². The summed E-state index contributed by atoms with van der Waals surface area (Å²) in [6.07, 6.45) is 5.66. The van der Waals surface area contributed by atoms with Crippen LogP contribution >= 0.6 is 0 Å². The van der Waals surface area contributed by atoms with Gasteiger partial charge in [0.1, 0.15) is 5.54 Å². The second kappa shape index (κ2) is 5.70. The topological polar surface area (TPSA) is 113 Å². The van der Waals surface area contributed by atoms with Gasteiger partial charge in [0.25, 0.3) is 5.91 Å². The number of imide groups is 1. The Morgan fingerprint density at radius 3 is 2.78 bits per heavy atom. The Bertz CT molecular complexity index is 1090. The zero-order valence-corrected chi connectivity index (χ0v) is 14.2. The quantitative estimate of drug-likeness (QED) is 0.651. The van der Waals surface area contributed by atoms with Crippen LogP contribution in [-0.4, -0.2) is 50.5 Å². The minimum atomic E-state index is -0.898. The molecule has 1 spiro atoms. The second-order valence-electron chi connectivity index (χ2n) is 6.67. The SMILES string of the molecule is O=C1NC(=O)C2(CCN(c3nccc(-c4ccc5cnccc5n4)n3)C2)N1. The van der Waals surface area contributed by atoms with Gasteiger partial charge in [0.05, 0.1) is 23.4 Å². The van der Waals surface area contributed by atoms with E-state index < -0.39 is 11.6 Å². The largest absolute Gasteiger partial charge is 0.338 e. The first kappa shape index (κ1) is 15.6. The van der Waals surface area contributed by atoms with Crippen LogP contribution in [0.1, 0.15) is 6.42 Å². The Morgan fingerprint density at radius 1 is 1.04 bits per heavy atom. The summed E-state index contributed by atoms with van der Waals surface area (Å²) >= 11 is 0. The number of pyridine rings is 2. The van der Waals surface area contributed by atoms with Gasteiger partial charge in [0.2, 0.25) is 5.95 Å². The summed E-state index contributed by atoms with van der Waals surface area (Å²) in [6, 6.07) is 7.05. The fourth-order valence-electron chi connectivity index (χ4n) is 3.55. The van der Waals surface area contributed by atoms with Gasteiger partial charge >= 0.3 is 6.03 Å². The number of carbonyl (C=O) groups excluding carboxylic acids is 2. The second-order valence-corrected chi connectivity index (χ2v) is 6.67. The third-order valence-corrected chi connectivity index (χ3v) is 4.96. The van der Waals surface area contributed by atoms with E-state index in [0.717, 1.165) is 16.6 Å². The smallest absolute Gasteiger partial charge is 0.322 e. The lowest BCUT2D eigenvalue weighted by Gasteiger charge is -2.21. The van der Waals surface area contributed by atoms with Crippen LogP contribution in [0.25, 0.3) is 22.3 Å². The van der Waals surface area contributed by atoms with Crippen molar-refractivity contribution in [3.63, 3.8) is 0 Å². The number of amides is 3. The molecule has 2 saturated heterocycles. The first-order chi connectivity index (χ1) is 13.1. The van der Waals surface area contributed by atoms with E-state index in [9.17, 15) is 9.59 Å². The molecule has 0 radical (unpaired) electrons. The van der Waals surface area contributed by atoms with Crippen LogP contribution in [-0.2, 0) is 4.79 Å².